The Hall–Kier alpha value is -1.40. The highest BCUT2D eigenvalue weighted by molar-refractivity contribution is 5.32. The van der Waals surface area contributed by atoms with E-state index in [1.165, 1.54) is 25.3 Å². The first-order valence-electron chi connectivity index (χ1n) is 5.69. The molecule has 1 saturated carbocycles. The molecule has 3 heteroatoms. The minimum absolute atomic E-state index is 0.294. The molecule has 84 valence electrons. The van der Waals surface area contributed by atoms with Gasteiger partial charge in [0.1, 0.15) is 5.82 Å². The number of nitrogens with one attached hydrogen (secondary N) is 1. The predicted molar refractivity (Wildman–Crippen MR) is 60.2 cm³/mol. The van der Waals surface area contributed by atoms with Crippen LogP contribution < -0.4 is 5.32 Å². The van der Waals surface area contributed by atoms with E-state index in [1.807, 2.05) is 6.07 Å². The Morgan fingerprint density at radius 1 is 1.44 bits per heavy atom. The van der Waals surface area contributed by atoms with Gasteiger partial charge in [-0.2, -0.15) is 5.26 Å². The second-order valence-electron chi connectivity index (χ2n) is 4.33. The van der Waals surface area contributed by atoms with Crippen LogP contribution in [0.3, 0.4) is 0 Å². The van der Waals surface area contributed by atoms with Crippen LogP contribution in [0.1, 0.15) is 30.4 Å². The highest BCUT2D eigenvalue weighted by atomic mass is 19.1. The molecule has 0 saturated heterocycles. The van der Waals surface area contributed by atoms with Gasteiger partial charge in [0.25, 0.3) is 0 Å². The van der Waals surface area contributed by atoms with Crippen LogP contribution in [-0.2, 0) is 6.54 Å². The normalized spacial score (nSPS) is 14.8. The van der Waals surface area contributed by atoms with E-state index in [2.05, 4.69) is 5.32 Å². The number of nitriles is 1. The molecule has 1 N–H and O–H groups in total. The van der Waals surface area contributed by atoms with Crippen molar-refractivity contribution >= 4 is 0 Å². The standard InChI is InChI=1S/C13H15FN2/c14-13-7-11(8-15)3-4-12(13)9-16-6-5-10-1-2-10/h3-4,7,10,16H,1-2,5-6,9H2. The summed E-state index contributed by atoms with van der Waals surface area (Å²) in [6, 6.07) is 6.55. The zero-order valence-electron chi connectivity index (χ0n) is 9.17. The molecule has 16 heavy (non-hydrogen) atoms. The molecule has 0 spiro atoms. The number of rotatable bonds is 5. The Balaban J connectivity index is 1.81. The van der Waals surface area contributed by atoms with Crippen LogP contribution in [-0.4, -0.2) is 6.54 Å². The third kappa shape index (κ3) is 3.04. The largest absolute Gasteiger partial charge is 0.313 e. The second kappa shape index (κ2) is 5.09. The maximum Gasteiger partial charge on any atom is 0.129 e. The van der Waals surface area contributed by atoms with Crippen molar-refractivity contribution in [1.82, 2.24) is 5.32 Å². The van der Waals surface area contributed by atoms with Crippen LogP contribution in [0.15, 0.2) is 18.2 Å². The van der Waals surface area contributed by atoms with E-state index < -0.39 is 0 Å². The first-order chi connectivity index (χ1) is 7.79. The Labute approximate surface area is 95.1 Å². The van der Waals surface area contributed by atoms with Crippen molar-refractivity contribution in [2.75, 3.05) is 6.54 Å². The fourth-order valence-electron chi connectivity index (χ4n) is 1.70. The van der Waals surface area contributed by atoms with Gasteiger partial charge >= 0.3 is 0 Å². The molecule has 0 bridgehead atoms. The maximum absolute atomic E-state index is 13.4. The Morgan fingerprint density at radius 3 is 2.88 bits per heavy atom. The van der Waals surface area contributed by atoms with Gasteiger partial charge in [0, 0.05) is 12.1 Å². The molecule has 0 atom stereocenters. The lowest BCUT2D eigenvalue weighted by molar-refractivity contribution is 0.571. The van der Waals surface area contributed by atoms with E-state index >= 15 is 0 Å². The smallest absolute Gasteiger partial charge is 0.129 e. The van der Waals surface area contributed by atoms with Crippen molar-refractivity contribution < 1.29 is 4.39 Å². The summed E-state index contributed by atoms with van der Waals surface area (Å²) in [5.41, 5.74) is 1.01. The third-order valence-corrected chi connectivity index (χ3v) is 2.92. The van der Waals surface area contributed by atoms with Gasteiger partial charge in [0.2, 0.25) is 0 Å². The molecule has 0 unspecified atom stereocenters. The summed E-state index contributed by atoms with van der Waals surface area (Å²) in [6.45, 7) is 1.49. The second-order valence-corrected chi connectivity index (χ2v) is 4.33. The Kier molecular flexibility index (Phi) is 3.53. The van der Waals surface area contributed by atoms with Crippen LogP contribution >= 0.6 is 0 Å². The van der Waals surface area contributed by atoms with Crippen LogP contribution in [0.25, 0.3) is 0 Å². The molecule has 1 aliphatic carbocycles. The van der Waals surface area contributed by atoms with E-state index in [0.29, 0.717) is 17.7 Å². The quantitative estimate of drug-likeness (QED) is 0.771. The average Bonchev–Trinajstić information content (AvgIpc) is 3.10. The topological polar surface area (TPSA) is 35.8 Å². The summed E-state index contributed by atoms with van der Waals surface area (Å²) in [5, 5.41) is 11.8. The molecule has 2 nitrogen and oxygen atoms in total. The van der Waals surface area contributed by atoms with Crippen molar-refractivity contribution in [3.8, 4) is 6.07 Å². The SMILES string of the molecule is N#Cc1ccc(CNCCC2CC2)c(F)c1. The molecule has 0 radical (unpaired) electrons. The van der Waals surface area contributed by atoms with Gasteiger partial charge in [0.05, 0.1) is 11.6 Å². The molecule has 1 aromatic carbocycles. The predicted octanol–water partition coefficient (Wildman–Crippen LogP) is 2.59. The Bertz CT molecular complexity index is 405. The lowest BCUT2D eigenvalue weighted by Gasteiger charge is -2.05. The van der Waals surface area contributed by atoms with E-state index in [9.17, 15) is 4.39 Å². The van der Waals surface area contributed by atoms with Crippen molar-refractivity contribution in [2.24, 2.45) is 5.92 Å². The van der Waals surface area contributed by atoms with Gasteiger partial charge in [-0.05, 0) is 31.0 Å². The van der Waals surface area contributed by atoms with Crippen molar-refractivity contribution in [3.05, 3.63) is 35.1 Å². The molecule has 0 amide bonds. The van der Waals surface area contributed by atoms with Crippen LogP contribution in [0, 0.1) is 23.1 Å². The van der Waals surface area contributed by atoms with Gasteiger partial charge in [-0.3, -0.25) is 0 Å². The molecule has 0 aliphatic heterocycles. The number of nitrogens with zero attached hydrogens (tertiary/aromatic N) is 1. The molecular formula is C13H15FN2. The molecule has 1 aromatic rings. The number of benzene rings is 1. The molecule has 2 rings (SSSR count). The molecular weight excluding hydrogens is 203 g/mol. The molecule has 1 fully saturated rings. The molecule has 0 aromatic heterocycles. The van der Waals surface area contributed by atoms with E-state index in [0.717, 1.165) is 12.5 Å². The maximum atomic E-state index is 13.4. The summed E-state index contributed by atoms with van der Waals surface area (Å²) >= 11 is 0. The molecule has 0 heterocycles. The minimum atomic E-state index is -0.294. The zero-order chi connectivity index (χ0) is 11.4. The van der Waals surface area contributed by atoms with Gasteiger partial charge < -0.3 is 5.32 Å². The highest BCUT2D eigenvalue weighted by Gasteiger charge is 2.19. The monoisotopic (exact) mass is 218 g/mol. The van der Waals surface area contributed by atoms with E-state index in [4.69, 9.17) is 5.26 Å². The van der Waals surface area contributed by atoms with Crippen LogP contribution in [0.4, 0.5) is 4.39 Å². The van der Waals surface area contributed by atoms with Crippen molar-refractivity contribution in [3.63, 3.8) is 0 Å². The van der Waals surface area contributed by atoms with Crippen LogP contribution in [0.2, 0.25) is 0 Å². The fraction of sp³-hybridized carbons (Fsp3) is 0.462. The summed E-state index contributed by atoms with van der Waals surface area (Å²) in [6.07, 6.45) is 3.90. The van der Waals surface area contributed by atoms with Gasteiger partial charge in [0.15, 0.2) is 0 Å². The number of hydrogen-bond acceptors (Lipinski definition) is 2. The lowest BCUT2D eigenvalue weighted by Crippen LogP contribution is -2.16. The fourth-order valence-corrected chi connectivity index (χ4v) is 1.70. The van der Waals surface area contributed by atoms with E-state index in [1.54, 1.807) is 12.1 Å². The third-order valence-electron chi connectivity index (χ3n) is 2.92. The highest BCUT2D eigenvalue weighted by Crippen LogP contribution is 2.31. The van der Waals surface area contributed by atoms with Crippen molar-refractivity contribution in [1.29, 1.82) is 5.26 Å². The summed E-state index contributed by atoms with van der Waals surface area (Å²) < 4.78 is 13.4. The average molecular weight is 218 g/mol. The van der Waals surface area contributed by atoms with Crippen LogP contribution in [0.5, 0.6) is 0 Å². The Morgan fingerprint density at radius 2 is 2.25 bits per heavy atom. The van der Waals surface area contributed by atoms with Gasteiger partial charge in [-0.15, -0.1) is 0 Å². The summed E-state index contributed by atoms with van der Waals surface area (Å²) in [5.74, 6) is 0.608. The lowest BCUT2D eigenvalue weighted by atomic mass is 10.1. The van der Waals surface area contributed by atoms with Crippen molar-refractivity contribution in [2.45, 2.75) is 25.8 Å². The van der Waals surface area contributed by atoms with Gasteiger partial charge in [-0.1, -0.05) is 18.9 Å². The first-order valence-corrected chi connectivity index (χ1v) is 5.69. The zero-order valence-corrected chi connectivity index (χ0v) is 9.17. The minimum Gasteiger partial charge on any atom is -0.313 e. The molecule has 1 aliphatic rings. The summed E-state index contributed by atoms with van der Waals surface area (Å²) in [4.78, 5) is 0. The van der Waals surface area contributed by atoms with E-state index in [-0.39, 0.29) is 5.82 Å². The first kappa shape index (κ1) is 11.1. The summed E-state index contributed by atoms with van der Waals surface area (Å²) in [7, 11) is 0. The number of halogens is 1. The van der Waals surface area contributed by atoms with Gasteiger partial charge in [-0.25, -0.2) is 4.39 Å². The number of hydrogen-bond donors (Lipinski definition) is 1.